The van der Waals surface area contributed by atoms with Gasteiger partial charge in [0.15, 0.2) is 0 Å². The van der Waals surface area contributed by atoms with Crippen LogP contribution in [0.25, 0.3) is 0 Å². The smallest absolute Gasteiger partial charge is 0.244 e. The molecule has 0 spiro atoms. The van der Waals surface area contributed by atoms with Gasteiger partial charge in [-0.05, 0) is 36.8 Å². The number of sulfonamides is 1. The van der Waals surface area contributed by atoms with Gasteiger partial charge in [0.2, 0.25) is 15.9 Å². The van der Waals surface area contributed by atoms with E-state index in [1.54, 1.807) is 38.4 Å². The van der Waals surface area contributed by atoms with Gasteiger partial charge in [-0.2, -0.15) is 4.72 Å². The summed E-state index contributed by atoms with van der Waals surface area (Å²) in [4.78, 5) is 16.1. The van der Waals surface area contributed by atoms with Crippen LogP contribution in [0, 0.1) is 6.92 Å². The van der Waals surface area contributed by atoms with Crippen LogP contribution in [0.3, 0.4) is 0 Å². The molecule has 26 heavy (non-hydrogen) atoms. The molecule has 2 aromatic carbocycles. The Labute approximate surface area is 155 Å². The number of carbonyl (C=O) groups is 1. The highest BCUT2D eigenvalue weighted by atomic mass is 32.2. The molecule has 1 atom stereocenters. The molecule has 0 fully saturated rings. The first-order valence-electron chi connectivity index (χ1n) is 8.19. The largest absolute Gasteiger partial charge is 0.378 e. The van der Waals surface area contributed by atoms with Gasteiger partial charge in [-0.1, -0.05) is 29.8 Å². The summed E-state index contributed by atoms with van der Waals surface area (Å²) in [7, 11) is 3.19. The maximum atomic E-state index is 12.7. The minimum Gasteiger partial charge on any atom is -0.378 e. The van der Waals surface area contributed by atoms with Crippen LogP contribution < -0.4 is 9.62 Å². The summed E-state index contributed by atoms with van der Waals surface area (Å²) in [6, 6.07) is 12.8. The van der Waals surface area contributed by atoms with Crippen LogP contribution in [0.5, 0.6) is 0 Å². The summed E-state index contributed by atoms with van der Waals surface area (Å²) >= 11 is 0. The molecule has 0 radical (unpaired) electrons. The van der Waals surface area contributed by atoms with Crippen molar-refractivity contribution in [3.8, 4) is 0 Å². The minimum atomic E-state index is -3.84. The van der Waals surface area contributed by atoms with Gasteiger partial charge in [0, 0.05) is 33.9 Å². The molecule has 0 saturated heterocycles. The van der Waals surface area contributed by atoms with Gasteiger partial charge in [0.05, 0.1) is 4.90 Å². The molecule has 2 rings (SSSR count). The molecule has 0 aliphatic carbocycles. The molecule has 1 unspecified atom stereocenters. The van der Waals surface area contributed by atoms with Gasteiger partial charge in [-0.15, -0.1) is 0 Å². The lowest BCUT2D eigenvalue weighted by Gasteiger charge is -2.23. The molecule has 0 aliphatic rings. The molecule has 0 heterocycles. The molecule has 6 nitrogen and oxygen atoms in total. The number of amides is 1. The summed E-state index contributed by atoms with van der Waals surface area (Å²) in [6.07, 6.45) is 0. The topological polar surface area (TPSA) is 69.7 Å². The second kappa shape index (κ2) is 7.88. The van der Waals surface area contributed by atoms with E-state index >= 15 is 0 Å². The summed E-state index contributed by atoms with van der Waals surface area (Å²) in [6.45, 7) is 1.88. The van der Waals surface area contributed by atoms with Crippen molar-refractivity contribution in [1.82, 2.24) is 9.62 Å². The SMILES string of the molecule is Cc1ccc(S(=O)(=O)NC(C(=O)N(C)C)c2ccc(N(C)C)cc2)cc1. The zero-order valence-corrected chi connectivity index (χ0v) is 16.5. The predicted octanol–water partition coefficient (Wildman–Crippen LogP) is 2.17. The zero-order valence-electron chi connectivity index (χ0n) is 15.7. The van der Waals surface area contributed by atoms with Gasteiger partial charge < -0.3 is 9.80 Å². The van der Waals surface area contributed by atoms with E-state index in [0.29, 0.717) is 5.56 Å². The zero-order chi connectivity index (χ0) is 19.5. The fourth-order valence-corrected chi connectivity index (χ4v) is 3.60. The lowest BCUT2D eigenvalue weighted by molar-refractivity contribution is -0.130. The van der Waals surface area contributed by atoms with Crippen molar-refractivity contribution in [2.45, 2.75) is 17.9 Å². The number of likely N-dealkylation sites (N-methyl/N-ethyl adjacent to an activating group) is 1. The van der Waals surface area contributed by atoms with E-state index in [-0.39, 0.29) is 10.8 Å². The Hall–Kier alpha value is -2.38. The number of hydrogen-bond donors (Lipinski definition) is 1. The number of benzene rings is 2. The third-order valence-electron chi connectivity index (χ3n) is 4.03. The number of carbonyl (C=O) groups excluding carboxylic acids is 1. The van der Waals surface area contributed by atoms with Crippen LogP contribution in [0.4, 0.5) is 5.69 Å². The molecule has 0 saturated carbocycles. The van der Waals surface area contributed by atoms with Gasteiger partial charge >= 0.3 is 0 Å². The van der Waals surface area contributed by atoms with E-state index < -0.39 is 16.1 Å². The van der Waals surface area contributed by atoms with Crippen molar-refractivity contribution in [3.05, 3.63) is 59.7 Å². The highest BCUT2D eigenvalue weighted by molar-refractivity contribution is 7.89. The average Bonchev–Trinajstić information content (AvgIpc) is 2.59. The lowest BCUT2D eigenvalue weighted by atomic mass is 10.1. The van der Waals surface area contributed by atoms with Gasteiger partial charge in [0.1, 0.15) is 6.04 Å². The van der Waals surface area contributed by atoms with Gasteiger partial charge in [-0.25, -0.2) is 8.42 Å². The van der Waals surface area contributed by atoms with Crippen LogP contribution in [0.1, 0.15) is 17.2 Å². The fraction of sp³-hybridized carbons (Fsp3) is 0.316. The van der Waals surface area contributed by atoms with Gasteiger partial charge in [0.25, 0.3) is 0 Å². The monoisotopic (exact) mass is 375 g/mol. The Morgan fingerprint density at radius 1 is 0.923 bits per heavy atom. The van der Waals surface area contributed by atoms with Crippen LogP contribution in [0.15, 0.2) is 53.4 Å². The molecular formula is C19H25N3O3S. The lowest BCUT2D eigenvalue weighted by Crippen LogP contribution is -2.39. The maximum Gasteiger partial charge on any atom is 0.244 e. The summed E-state index contributed by atoms with van der Waals surface area (Å²) in [5, 5.41) is 0. The highest BCUT2D eigenvalue weighted by Crippen LogP contribution is 2.22. The van der Waals surface area contributed by atoms with Crippen molar-refractivity contribution in [1.29, 1.82) is 0 Å². The van der Waals surface area contributed by atoms with E-state index in [1.807, 2.05) is 38.1 Å². The molecule has 1 N–H and O–H groups in total. The fourth-order valence-electron chi connectivity index (χ4n) is 2.42. The summed E-state index contributed by atoms with van der Waals surface area (Å²) < 4.78 is 28.0. The number of nitrogens with one attached hydrogen (secondary N) is 1. The first-order chi connectivity index (χ1) is 12.1. The Bertz CT molecular complexity index is 858. The number of aryl methyl sites for hydroxylation is 1. The second-order valence-electron chi connectivity index (χ2n) is 6.59. The van der Waals surface area contributed by atoms with Crippen molar-refractivity contribution in [2.24, 2.45) is 0 Å². The summed E-state index contributed by atoms with van der Waals surface area (Å²) in [5.41, 5.74) is 2.51. The standard InChI is InChI=1S/C19H25N3O3S/c1-14-6-12-17(13-7-14)26(24,25)20-18(19(23)22(4)5)15-8-10-16(11-9-15)21(2)3/h6-13,18,20H,1-5H3. The number of nitrogens with zero attached hydrogens (tertiary/aromatic N) is 2. The van der Waals surface area contributed by atoms with Crippen molar-refractivity contribution >= 4 is 21.6 Å². The Morgan fingerprint density at radius 2 is 1.46 bits per heavy atom. The Morgan fingerprint density at radius 3 is 1.92 bits per heavy atom. The van der Waals surface area contributed by atoms with Gasteiger partial charge in [-0.3, -0.25) is 4.79 Å². The van der Waals surface area contributed by atoms with Crippen LogP contribution >= 0.6 is 0 Å². The van der Waals surface area contributed by atoms with Crippen LogP contribution in [0.2, 0.25) is 0 Å². The number of hydrogen-bond acceptors (Lipinski definition) is 4. The molecule has 7 heteroatoms. The second-order valence-corrected chi connectivity index (χ2v) is 8.30. The van der Waals surface area contributed by atoms with Crippen molar-refractivity contribution in [3.63, 3.8) is 0 Å². The van der Waals surface area contributed by atoms with E-state index in [0.717, 1.165) is 11.3 Å². The normalized spacial score (nSPS) is 12.5. The molecule has 140 valence electrons. The molecule has 0 aliphatic heterocycles. The van der Waals surface area contributed by atoms with E-state index in [1.165, 1.54) is 17.0 Å². The highest BCUT2D eigenvalue weighted by Gasteiger charge is 2.28. The third kappa shape index (κ3) is 4.62. The molecule has 1 amide bonds. The van der Waals surface area contributed by atoms with E-state index in [2.05, 4.69) is 4.72 Å². The Kier molecular flexibility index (Phi) is 6.05. The van der Waals surface area contributed by atoms with E-state index in [4.69, 9.17) is 0 Å². The quantitative estimate of drug-likeness (QED) is 0.840. The van der Waals surface area contributed by atoms with Crippen molar-refractivity contribution < 1.29 is 13.2 Å². The minimum absolute atomic E-state index is 0.129. The van der Waals surface area contributed by atoms with Crippen LogP contribution in [-0.2, 0) is 14.8 Å². The van der Waals surface area contributed by atoms with E-state index in [9.17, 15) is 13.2 Å². The average molecular weight is 375 g/mol. The molecule has 0 aromatic heterocycles. The molecular weight excluding hydrogens is 350 g/mol. The molecule has 2 aromatic rings. The first-order valence-corrected chi connectivity index (χ1v) is 9.67. The Balaban J connectivity index is 2.39. The number of anilines is 1. The van der Waals surface area contributed by atoms with Crippen molar-refractivity contribution in [2.75, 3.05) is 33.1 Å². The summed E-state index contributed by atoms with van der Waals surface area (Å²) in [5.74, 6) is -0.335. The first kappa shape index (κ1) is 19.9. The predicted molar refractivity (Wildman–Crippen MR) is 104 cm³/mol. The maximum absolute atomic E-state index is 12.7. The number of rotatable bonds is 6. The van der Waals surface area contributed by atoms with Crippen LogP contribution in [-0.4, -0.2) is 47.4 Å². The molecule has 0 bridgehead atoms. The third-order valence-corrected chi connectivity index (χ3v) is 5.47.